The van der Waals surface area contributed by atoms with Gasteiger partial charge in [-0.05, 0) is 62.8 Å². The van der Waals surface area contributed by atoms with Gasteiger partial charge >= 0.3 is 0 Å². The number of H-pyrrole nitrogens is 1. The van der Waals surface area contributed by atoms with Crippen LogP contribution in [0.15, 0.2) is 23.1 Å². The number of rotatable bonds is 4. The van der Waals surface area contributed by atoms with Crippen LogP contribution in [0.4, 0.5) is 10.1 Å². The number of amides is 1. The molecule has 6 nitrogen and oxygen atoms in total. The minimum Gasteiger partial charge on any atom is -0.353 e. The molecule has 8 heteroatoms. The Balaban J connectivity index is 1.88. The monoisotopic (exact) mass is 407 g/mol. The lowest BCUT2D eigenvalue weighted by Gasteiger charge is -2.29. The van der Waals surface area contributed by atoms with Crippen molar-refractivity contribution < 1.29 is 17.6 Å². The van der Waals surface area contributed by atoms with Crippen molar-refractivity contribution >= 4 is 21.6 Å². The molecule has 152 valence electrons. The fourth-order valence-electron chi connectivity index (χ4n) is 3.57. The van der Waals surface area contributed by atoms with Gasteiger partial charge in [0, 0.05) is 24.5 Å². The first-order valence-electron chi connectivity index (χ1n) is 9.38. The molecule has 0 unspecified atom stereocenters. The van der Waals surface area contributed by atoms with Crippen LogP contribution < -0.4 is 5.32 Å². The van der Waals surface area contributed by atoms with Crippen molar-refractivity contribution in [3.05, 3.63) is 46.5 Å². The maximum atomic E-state index is 13.7. The Morgan fingerprint density at radius 2 is 1.86 bits per heavy atom. The highest BCUT2D eigenvalue weighted by molar-refractivity contribution is 7.89. The van der Waals surface area contributed by atoms with Crippen LogP contribution in [-0.4, -0.2) is 36.7 Å². The van der Waals surface area contributed by atoms with Gasteiger partial charge in [-0.25, -0.2) is 12.8 Å². The Hall–Kier alpha value is -2.19. The van der Waals surface area contributed by atoms with Crippen LogP contribution in [0.2, 0.25) is 0 Å². The van der Waals surface area contributed by atoms with Crippen LogP contribution in [0.3, 0.4) is 0 Å². The summed E-state index contributed by atoms with van der Waals surface area (Å²) in [6.07, 6.45) is 1.65. The SMILES string of the molecule is Cc1ccc(NC(=O)c2[nH]c(C)c(S(=O)(=O)N3CCC(C)CC3)c2C)cc1F. The van der Waals surface area contributed by atoms with E-state index in [0.717, 1.165) is 12.8 Å². The summed E-state index contributed by atoms with van der Waals surface area (Å²) in [5.74, 6) is -0.409. The topological polar surface area (TPSA) is 82.3 Å². The standard InChI is InChI=1S/C20H26FN3O3S/c1-12-7-9-24(10-8-12)28(26,27)19-14(3)18(22-15(19)4)20(25)23-16-6-5-13(2)17(21)11-16/h5-6,11-12,22H,7-10H2,1-4H3,(H,23,25). The molecule has 0 radical (unpaired) electrons. The number of aromatic nitrogens is 1. The van der Waals surface area contributed by atoms with Crippen molar-refractivity contribution in [1.82, 2.24) is 9.29 Å². The Bertz CT molecular complexity index is 1010. The van der Waals surface area contributed by atoms with Crippen molar-refractivity contribution in [2.24, 2.45) is 5.92 Å². The zero-order valence-corrected chi connectivity index (χ0v) is 17.4. The molecule has 1 saturated heterocycles. The molecule has 1 aromatic heterocycles. The molecule has 0 aliphatic carbocycles. The van der Waals surface area contributed by atoms with E-state index in [9.17, 15) is 17.6 Å². The highest BCUT2D eigenvalue weighted by Crippen LogP contribution is 2.30. The molecule has 0 bridgehead atoms. The van der Waals surface area contributed by atoms with Crippen LogP contribution in [0.5, 0.6) is 0 Å². The zero-order valence-electron chi connectivity index (χ0n) is 16.6. The number of benzene rings is 1. The molecule has 2 N–H and O–H groups in total. The molecule has 2 aromatic rings. The second-order valence-electron chi connectivity index (χ2n) is 7.58. The van der Waals surface area contributed by atoms with Crippen molar-refractivity contribution in [1.29, 1.82) is 0 Å². The summed E-state index contributed by atoms with van der Waals surface area (Å²) in [6.45, 7) is 7.99. The van der Waals surface area contributed by atoms with Gasteiger partial charge in [-0.3, -0.25) is 4.79 Å². The second kappa shape index (κ2) is 7.67. The molecule has 1 aliphatic heterocycles. The van der Waals surface area contributed by atoms with E-state index in [1.165, 1.54) is 10.4 Å². The van der Waals surface area contributed by atoms with Crippen molar-refractivity contribution in [3.8, 4) is 0 Å². The predicted molar refractivity (Wildman–Crippen MR) is 107 cm³/mol. The maximum absolute atomic E-state index is 13.7. The Labute approximate surface area is 165 Å². The molecule has 0 spiro atoms. The summed E-state index contributed by atoms with van der Waals surface area (Å²) in [5, 5.41) is 2.63. The van der Waals surface area contributed by atoms with Crippen LogP contribution in [0.1, 0.15) is 47.1 Å². The van der Waals surface area contributed by atoms with Crippen molar-refractivity contribution in [3.63, 3.8) is 0 Å². The molecule has 3 rings (SSSR count). The van der Waals surface area contributed by atoms with Crippen LogP contribution >= 0.6 is 0 Å². The van der Waals surface area contributed by atoms with Gasteiger partial charge in [-0.2, -0.15) is 4.31 Å². The first-order valence-corrected chi connectivity index (χ1v) is 10.8. The minimum absolute atomic E-state index is 0.155. The van der Waals surface area contributed by atoms with Gasteiger partial charge in [0.05, 0.1) is 0 Å². The average molecular weight is 408 g/mol. The zero-order chi connectivity index (χ0) is 20.6. The predicted octanol–water partition coefficient (Wildman–Crippen LogP) is 3.75. The fourth-order valence-corrected chi connectivity index (χ4v) is 5.44. The van der Waals surface area contributed by atoms with Gasteiger partial charge in [-0.1, -0.05) is 13.0 Å². The van der Waals surface area contributed by atoms with E-state index in [1.54, 1.807) is 32.9 Å². The number of halogens is 1. The largest absolute Gasteiger partial charge is 0.353 e. The van der Waals surface area contributed by atoms with E-state index >= 15 is 0 Å². The third-order valence-electron chi connectivity index (χ3n) is 5.37. The first kappa shape index (κ1) is 20.5. The number of anilines is 1. The second-order valence-corrected chi connectivity index (χ2v) is 9.46. The number of nitrogens with zero attached hydrogens (tertiary/aromatic N) is 1. The number of piperidine rings is 1. The molecule has 28 heavy (non-hydrogen) atoms. The smallest absolute Gasteiger partial charge is 0.272 e. The summed E-state index contributed by atoms with van der Waals surface area (Å²) >= 11 is 0. The number of carbonyl (C=O) groups excluding carboxylic acids is 1. The molecule has 1 fully saturated rings. The fraction of sp³-hybridized carbons (Fsp3) is 0.450. The molecular formula is C20H26FN3O3S. The Morgan fingerprint density at radius 3 is 2.46 bits per heavy atom. The van der Waals surface area contributed by atoms with Gasteiger partial charge in [0.2, 0.25) is 10.0 Å². The molecule has 1 aliphatic rings. The lowest BCUT2D eigenvalue weighted by atomic mass is 10.0. The number of carbonyl (C=O) groups is 1. The minimum atomic E-state index is -3.68. The molecule has 0 saturated carbocycles. The highest BCUT2D eigenvalue weighted by atomic mass is 32.2. The van der Waals surface area contributed by atoms with E-state index in [0.29, 0.717) is 41.5 Å². The van der Waals surface area contributed by atoms with Gasteiger partial charge in [0.25, 0.3) is 5.91 Å². The molecule has 1 aromatic carbocycles. The van der Waals surface area contributed by atoms with Crippen LogP contribution in [0.25, 0.3) is 0 Å². The van der Waals surface area contributed by atoms with E-state index in [-0.39, 0.29) is 10.6 Å². The van der Waals surface area contributed by atoms with E-state index in [4.69, 9.17) is 0 Å². The molecule has 1 amide bonds. The highest BCUT2D eigenvalue weighted by Gasteiger charge is 2.33. The summed E-state index contributed by atoms with van der Waals surface area (Å²) < 4.78 is 41.5. The van der Waals surface area contributed by atoms with Crippen LogP contribution in [-0.2, 0) is 10.0 Å². The first-order chi connectivity index (χ1) is 13.1. The molecular weight excluding hydrogens is 381 g/mol. The summed E-state index contributed by atoms with van der Waals surface area (Å²) in [6, 6.07) is 4.42. The van der Waals surface area contributed by atoms with Crippen molar-refractivity contribution in [2.45, 2.75) is 45.4 Å². The summed E-state index contributed by atoms with van der Waals surface area (Å²) in [5.41, 5.74) is 1.77. The van der Waals surface area contributed by atoms with E-state index < -0.39 is 21.7 Å². The maximum Gasteiger partial charge on any atom is 0.272 e. The molecule has 0 atom stereocenters. The number of hydrogen-bond donors (Lipinski definition) is 2. The summed E-state index contributed by atoms with van der Waals surface area (Å²) in [7, 11) is -3.68. The normalized spacial score (nSPS) is 16.3. The summed E-state index contributed by atoms with van der Waals surface area (Å²) in [4.78, 5) is 15.7. The number of hydrogen-bond acceptors (Lipinski definition) is 3. The quantitative estimate of drug-likeness (QED) is 0.810. The van der Waals surface area contributed by atoms with Gasteiger partial charge in [-0.15, -0.1) is 0 Å². The Morgan fingerprint density at radius 1 is 1.21 bits per heavy atom. The number of aromatic amines is 1. The van der Waals surface area contributed by atoms with Crippen molar-refractivity contribution in [2.75, 3.05) is 18.4 Å². The third-order valence-corrected chi connectivity index (χ3v) is 7.54. The average Bonchev–Trinajstić information content (AvgIpc) is 2.93. The molecule has 2 heterocycles. The van der Waals surface area contributed by atoms with Gasteiger partial charge in [0.1, 0.15) is 16.4 Å². The lowest BCUT2D eigenvalue weighted by molar-refractivity contribution is 0.102. The third kappa shape index (κ3) is 3.84. The van der Waals surface area contributed by atoms with Gasteiger partial charge in [0.15, 0.2) is 0 Å². The van der Waals surface area contributed by atoms with E-state index in [2.05, 4.69) is 17.2 Å². The number of aryl methyl sites for hydroxylation is 2. The van der Waals surface area contributed by atoms with Gasteiger partial charge < -0.3 is 10.3 Å². The van der Waals surface area contributed by atoms with E-state index in [1.807, 2.05) is 0 Å². The number of sulfonamides is 1. The lowest BCUT2D eigenvalue weighted by Crippen LogP contribution is -2.38. The Kier molecular flexibility index (Phi) is 5.63. The van der Waals surface area contributed by atoms with Crippen LogP contribution in [0, 0.1) is 32.5 Å². The number of nitrogens with one attached hydrogen (secondary N) is 2.